The third-order valence-corrected chi connectivity index (χ3v) is 14.0. The second kappa shape index (κ2) is 7.50. The molecule has 7 rings (SSSR count). The van der Waals surface area contributed by atoms with Crippen LogP contribution in [0.5, 0.6) is 0 Å². The van der Waals surface area contributed by atoms with Crippen LogP contribution in [0.4, 0.5) is 0 Å². The topological polar surface area (TPSA) is 93.5 Å². The summed E-state index contributed by atoms with van der Waals surface area (Å²) in [7, 11) is -7.53. The molecule has 3 aliphatic carbocycles. The van der Waals surface area contributed by atoms with Gasteiger partial charge in [-0.05, 0) is 73.6 Å². The van der Waals surface area contributed by atoms with Crippen LogP contribution in [0, 0.1) is 29.6 Å². The van der Waals surface area contributed by atoms with E-state index in [0.717, 1.165) is 35.8 Å². The fraction of sp³-hybridized carbons (Fsp3) is 0.483. The van der Waals surface area contributed by atoms with Crippen LogP contribution in [0.25, 0.3) is 10.9 Å². The summed E-state index contributed by atoms with van der Waals surface area (Å²) in [4.78, 5) is 14.0. The summed E-state index contributed by atoms with van der Waals surface area (Å²) in [6, 6.07) is 13.8. The Bertz CT molecular complexity index is 1720. The zero-order chi connectivity index (χ0) is 26.8. The molecule has 1 aliphatic heterocycles. The number of carbonyl (C=O) groups excluding carboxylic acids is 1. The molecule has 1 spiro atoms. The Morgan fingerprint density at radius 2 is 1.74 bits per heavy atom. The lowest BCUT2D eigenvalue weighted by Gasteiger charge is -2.37. The Kier molecular flexibility index (Phi) is 4.82. The van der Waals surface area contributed by atoms with Crippen LogP contribution in [0.15, 0.2) is 59.6 Å². The van der Waals surface area contributed by atoms with Crippen molar-refractivity contribution in [2.24, 2.45) is 22.7 Å². The van der Waals surface area contributed by atoms with Crippen LogP contribution in [0.3, 0.4) is 0 Å². The second-order valence-corrected chi connectivity index (χ2v) is 16.1. The van der Waals surface area contributed by atoms with Gasteiger partial charge in [-0.2, -0.15) is 0 Å². The fourth-order valence-electron chi connectivity index (χ4n) is 8.05. The molecule has 1 aromatic heterocycles. The first-order valence-corrected chi connectivity index (χ1v) is 16.4. The van der Waals surface area contributed by atoms with E-state index in [0.29, 0.717) is 17.9 Å². The summed E-state index contributed by atoms with van der Waals surface area (Å²) in [5.74, 6) is -0.466. The van der Waals surface area contributed by atoms with Gasteiger partial charge in [-0.1, -0.05) is 49.7 Å². The van der Waals surface area contributed by atoms with Gasteiger partial charge in [-0.25, -0.2) is 25.1 Å². The van der Waals surface area contributed by atoms with Gasteiger partial charge >= 0.3 is 0 Å². The van der Waals surface area contributed by atoms with Crippen LogP contribution >= 0.6 is 0 Å². The van der Waals surface area contributed by atoms with E-state index < -0.39 is 26.0 Å². The number of aryl methyl sites for hydroxylation is 1. The van der Waals surface area contributed by atoms with Gasteiger partial charge in [0.15, 0.2) is 0 Å². The molecule has 200 valence electrons. The SMILES string of the molecule is Cc1ccc(S(=O)(=O)n2cc([C@@H]3C[C@H]3C(=O)N3[C@@H]4C[C@H]5CC[C@]4(CS3(=O)=O)C5(C)C)c3ccccc32)cc1. The van der Waals surface area contributed by atoms with Crippen LogP contribution in [-0.4, -0.2) is 42.8 Å². The van der Waals surface area contributed by atoms with Gasteiger partial charge in [0, 0.05) is 22.9 Å². The van der Waals surface area contributed by atoms with Crippen molar-refractivity contribution in [1.82, 2.24) is 8.28 Å². The molecule has 3 aromatic rings. The van der Waals surface area contributed by atoms with Crippen molar-refractivity contribution in [3.05, 3.63) is 65.9 Å². The zero-order valence-corrected chi connectivity index (χ0v) is 23.4. The van der Waals surface area contributed by atoms with Crippen molar-refractivity contribution in [2.45, 2.75) is 63.3 Å². The van der Waals surface area contributed by atoms with Crippen molar-refractivity contribution < 1.29 is 21.6 Å². The first kappa shape index (κ1) is 24.4. The average molecular weight is 553 g/mol. The molecule has 1 amide bonds. The molecule has 4 aliphatic rings. The monoisotopic (exact) mass is 552 g/mol. The van der Waals surface area contributed by atoms with E-state index in [1.54, 1.807) is 42.6 Å². The number of para-hydroxylation sites is 1. The van der Waals surface area contributed by atoms with E-state index in [9.17, 15) is 21.6 Å². The van der Waals surface area contributed by atoms with Crippen molar-refractivity contribution in [3.8, 4) is 0 Å². The Labute approximate surface area is 223 Å². The van der Waals surface area contributed by atoms with Crippen molar-refractivity contribution in [2.75, 3.05) is 5.75 Å². The molecule has 9 heteroatoms. The number of nitrogens with zero attached hydrogens (tertiary/aromatic N) is 2. The number of aromatic nitrogens is 1. The lowest BCUT2D eigenvalue weighted by Crippen LogP contribution is -2.44. The van der Waals surface area contributed by atoms with E-state index in [1.807, 2.05) is 19.1 Å². The zero-order valence-electron chi connectivity index (χ0n) is 21.8. The van der Waals surface area contributed by atoms with Gasteiger partial charge in [-0.15, -0.1) is 0 Å². The number of hydrogen-bond acceptors (Lipinski definition) is 5. The Morgan fingerprint density at radius 3 is 2.45 bits per heavy atom. The van der Waals surface area contributed by atoms with E-state index in [4.69, 9.17) is 0 Å². The second-order valence-electron chi connectivity index (χ2n) is 12.4. The summed E-state index contributed by atoms with van der Waals surface area (Å²) >= 11 is 0. The van der Waals surface area contributed by atoms with Crippen LogP contribution in [-0.2, 0) is 24.8 Å². The molecule has 1 saturated heterocycles. The highest BCUT2D eigenvalue weighted by molar-refractivity contribution is 7.90. The summed E-state index contributed by atoms with van der Waals surface area (Å²) in [5.41, 5.74) is 1.87. The first-order valence-electron chi connectivity index (χ1n) is 13.4. The summed E-state index contributed by atoms with van der Waals surface area (Å²) < 4.78 is 56.6. The molecule has 3 saturated carbocycles. The van der Waals surface area contributed by atoms with Gasteiger partial charge in [0.1, 0.15) is 0 Å². The number of fused-ring (bicyclic) bond motifs is 2. The molecule has 4 fully saturated rings. The number of hydrogen-bond donors (Lipinski definition) is 0. The van der Waals surface area contributed by atoms with Gasteiger partial charge in [0.05, 0.1) is 22.2 Å². The highest BCUT2D eigenvalue weighted by atomic mass is 32.2. The van der Waals surface area contributed by atoms with Crippen molar-refractivity contribution in [1.29, 1.82) is 0 Å². The van der Waals surface area contributed by atoms with Crippen LogP contribution < -0.4 is 0 Å². The molecule has 7 nitrogen and oxygen atoms in total. The predicted molar refractivity (Wildman–Crippen MR) is 145 cm³/mol. The number of rotatable bonds is 4. The summed E-state index contributed by atoms with van der Waals surface area (Å²) in [6.45, 7) is 6.26. The molecule has 0 N–H and O–H groups in total. The first-order chi connectivity index (χ1) is 17.9. The van der Waals surface area contributed by atoms with Gasteiger partial charge in [0.25, 0.3) is 10.0 Å². The van der Waals surface area contributed by atoms with Crippen molar-refractivity contribution >= 4 is 36.9 Å². The maximum atomic E-state index is 13.8. The largest absolute Gasteiger partial charge is 0.273 e. The number of sulfonamides is 1. The molecule has 2 heterocycles. The maximum Gasteiger partial charge on any atom is 0.268 e. The Hall–Kier alpha value is -2.65. The highest BCUT2D eigenvalue weighted by Crippen LogP contribution is 2.70. The van der Waals surface area contributed by atoms with E-state index in [-0.39, 0.29) is 39.3 Å². The fourth-order valence-corrected chi connectivity index (χ4v) is 12.0. The summed E-state index contributed by atoms with van der Waals surface area (Å²) in [6.07, 6.45) is 4.80. The number of carbonyl (C=O) groups is 1. The lowest BCUT2D eigenvalue weighted by atomic mass is 9.69. The van der Waals surface area contributed by atoms with E-state index in [1.165, 1.54) is 8.28 Å². The summed E-state index contributed by atoms with van der Waals surface area (Å²) in [5, 5.41) is 0.783. The molecule has 2 aromatic carbocycles. The van der Waals surface area contributed by atoms with Gasteiger partial charge < -0.3 is 0 Å². The quantitative estimate of drug-likeness (QED) is 0.470. The standard InChI is InChI=1S/C29H32N2O5S2/c1-18-8-10-20(11-9-18)38(35,36)30-16-24(21-6-4-5-7-25(21)30)22-15-23(22)27(32)31-26-14-19-12-13-29(26,28(19,2)3)17-37(31,33)34/h4-11,16,19,22-23,26H,12-15,17H2,1-3H3/t19-,22-,23-,26-,29-/m1/s1. The molecular formula is C29H32N2O5S2. The molecule has 2 bridgehead atoms. The van der Waals surface area contributed by atoms with E-state index >= 15 is 0 Å². The lowest BCUT2D eigenvalue weighted by molar-refractivity contribution is -0.130. The highest BCUT2D eigenvalue weighted by Gasteiger charge is 2.73. The third kappa shape index (κ3) is 3.03. The maximum absolute atomic E-state index is 13.8. The predicted octanol–water partition coefficient (Wildman–Crippen LogP) is 4.66. The Morgan fingerprint density at radius 1 is 1.03 bits per heavy atom. The smallest absolute Gasteiger partial charge is 0.268 e. The van der Waals surface area contributed by atoms with Gasteiger partial charge in [-0.3, -0.25) is 4.79 Å². The molecule has 0 radical (unpaired) electrons. The number of benzene rings is 2. The minimum Gasteiger partial charge on any atom is -0.273 e. The normalized spacial score (nSPS) is 32.6. The average Bonchev–Trinajstić information content (AvgIpc) is 3.34. The molecular weight excluding hydrogens is 520 g/mol. The van der Waals surface area contributed by atoms with Crippen LogP contribution in [0.2, 0.25) is 0 Å². The minimum absolute atomic E-state index is 0.0609. The van der Waals surface area contributed by atoms with Gasteiger partial charge in [0.2, 0.25) is 15.9 Å². The molecule has 5 atom stereocenters. The number of amides is 1. The third-order valence-electron chi connectivity index (χ3n) is 10.4. The van der Waals surface area contributed by atoms with Crippen molar-refractivity contribution in [3.63, 3.8) is 0 Å². The van der Waals surface area contributed by atoms with E-state index in [2.05, 4.69) is 13.8 Å². The minimum atomic E-state index is -3.85. The molecule has 0 unspecified atom stereocenters. The molecule has 38 heavy (non-hydrogen) atoms. The Balaban J connectivity index is 1.24. The van der Waals surface area contributed by atoms with Crippen LogP contribution in [0.1, 0.15) is 56.6 Å².